The SMILES string of the molecule is Cc1nnc(-c2cc([N+](=O)[O-])ccc2N)n1C. The van der Waals surface area contributed by atoms with E-state index in [4.69, 9.17) is 5.73 Å². The van der Waals surface area contributed by atoms with Crippen molar-refractivity contribution in [3.05, 3.63) is 34.1 Å². The molecule has 0 bridgehead atoms. The fourth-order valence-electron chi connectivity index (χ4n) is 1.49. The molecule has 0 aliphatic rings. The average molecular weight is 233 g/mol. The van der Waals surface area contributed by atoms with E-state index in [2.05, 4.69) is 10.2 Å². The Labute approximate surface area is 97.0 Å². The molecule has 0 amide bonds. The molecule has 0 atom stereocenters. The molecule has 2 N–H and O–H groups in total. The van der Waals surface area contributed by atoms with E-state index in [9.17, 15) is 10.1 Å². The minimum Gasteiger partial charge on any atom is -0.398 e. The first kappa shape index (κ1) is 11.1. The van der Waals surface area contributed by atoms with Crippen molar-refractivity contribution in [1.82, 2.24) is 14.8 Å². The van der Waals surface area contributed by atoms with Gasteiger partial charge in [0.15, 0.2) is 5.82 Å². The predicted octanol–water partition coefficient (Wildman–Crippen LogP) is 1.28. The largest absolute Gasteiger partial charge is 0.398 e. The molecule has 1 aromatic heterocycles. The van der Waals surface area contributed by atoms with Gasteiger partial charge in [0.25, 0.3) is 5.69 Å². The van der Waals surface area contributed by atoms with E-state index >= 15 is 0 Å². The van der Waals surface area contributed by atoms with Crippen LogP contribution in [0.2, 0.25) is 0 Å². The quantitative estimate of drug-likeness (QED) is 0.478. The van der Waals surface area contributed by atoms with Gasteiger partial charge in [0.2, 0.25) is 0 Å². The van der Waals surface area contributed by atoms with Crippen LogP contribution < -0.4 is 5.73 Å². The van der Waals surface area contributed by atoms with Crippen molar-refractivity contribution < 1.29 is 4.92 Å². The van der Waals surface area contributed by atoms with Gasteiger partial charge in [0, 0.05) is 30.4 Å². The summed E-state index contributed by atoms with van der Waals surface area (Å²) < 4.78 is 1.73. The third-order valence-electron chi connectivity index (χ3n) is 2.58. The number of non-ortho nitro benzene ring substituents is 1. The highest BCUT2D eigenvalue weighted by Crippen LogP contribution is 2.28. The summed E-state index contributed by atoms with van der Waals surface area (Å²) in [4.78, 5) is 10.2. The first-order chi connectivity index (χ1) is 8.00. The van der Waals surface area contributed by atoms with Gasteiger partial charge < -0.3 is 10.3 Å². The number of nitrogen functional groups attached to an aromatic ring is 1. The van der Waals surface area contributed by atoms with Crippen molar-refractivity contribution in [3.63, 3.8) is 0 Å². The van der Waals surface area contributed by atoms with Crippen LogP contribution in [0.4, 0.5) is 11.4 Å². The normalized spacial score (nSPS) is 10.5. The van der Waals surface area contributed by atoms with E-state index in [1.165, 1.54) is 18.2 Å². The standard InChI is InChI=1S/C10H11N5O2/c1-6-12-13-10(14(6)2)8-5-7(15(16)17)3-4-9(8)11/h3-5H,11H2,1-2H3. The first-order valence-corrected chi connectivity index (χ1v) is 4.91. The van der Waals surface area contributed by atoms with Gasteiger partial charge in [-0.2, -0.15) is 0 Å². The lowest BCUT2D eigenvalue weighted by Crippen LogP contribution is -1.99. The number of aryl methyl sites for hydroxylation is 1. The van der Waals surface area contributed by atoms with Gasteiger partial charge in [-0.15, -0.1) is 10.2 Å². The second-order valence-electron chi connectivity index (χ2n) is 3.66. The van der Waals surface area contributed by atoms with Crippen LogP contribution in [0.3, 0.4) is 0 Å². The summed E-state index contributed by atoms with van der Waals surface area (Å²) >= 11 is 0. The number of nitrogens with zero attached hydrogens (tertiary/aromatic N) is 4. The number of hydrogen-bond acceptors (Lipinski definition) is 5. The molecule has 17 heavy (non-hydrogen) atoms. The Morgan fingerprint density at radius 3 is 2.65 bits per heavy atom. The number of nitrogens with two attached hydrogens (primary N) is 1. The van der Waals surface area contributed by atoms with Gasteiger partial charge in [0.05, 0.1) is 4.92 Å². The number of rotatable bonds is 2. The first-order valence-electron chi connectivity index (χ1n) is 4.91. The van der Waals surface area contributed by atoms with Crippen LogP contribution >= 0.6 is 0 Å². The number of aromatic nitrogens is 3. The Bertz CT molecular complexity index is 590. The number of anilines is 1. The van der Waals surface area contributed by atoms with E-state index in [-0.39, 0.29) is 5.69 Å². The average Bonchev–Trinajstić information content (AvgIpc) is 2.60. The summed E-state index contributed by atoms with van der Waals surface area (Å²) in [6.07, 6.45) is 0. The van der Waals surface area contributed by atoms with Crippen LogP contribution in [0.5, 0.6) is 0 Å². The molecule has 0 radical (unpaired) electrons. The molecule has 0 saturated heterocycles. The maximum absolute atomic E-state index is 10.7. The van der Waals surface area contributed by atoms with Gasteiger partial charge in [0.1, 0.15) is 5.82 Å². The van der Waals surface area contributed by atoms with E-state index in [0.29, 0.717) is 22.9 Å². The zero-order chi connectivity index (χ0) is 12.6. The molecule has 7 heteroatoms. The molecule has 0 aliphatic heterocycles. The molecule has 2 rings (SSSR count). The minimum atomic E-state index is -0.466. The topological polar surface area (TPSA) is 99.9 Å². The summed E-state index contributed by atoms with van der Waals surface area (Å²) in [5.41, 5.74) is 6.73. The number of nitro groups is 1. The van der Waals surface area contributed by atoms with Gasteiger partial charge >= 0.3 is 0 Å². The Kier molecular flexibility index (Phi) is 2.51. The molecular weight excluding hydrogens is 222 g/mol. The Morgan fingerprint density at radius 1 is 1.41 bits per heavy atom. The predicted molar refractivity (Wildman–Crippen MR) is 62.2 cm³/mol. The fraction of sp³-hybridized carbons (Fsp3) is 0.200. The summed E-state index contributed by atoms with van der Waals surface area (Å²) in [7, 11) is 1.78. The fourth-order valence-corrected chi connectivity index (χ4v) is 1.49. The van der Waals surface area contributed by atoms with E-state index in [0.717, 1.165) is 0 Å². The van der Waals surface area contributed by atoms with Crippen LogP contribution in [0.25, 0.3) is 11.4 Å². The second-order valence-corrected chi connectivity index (χ2v) is 3.66. The maximum Gasteiger partial charge on any atom is 0.270 e. The van der Waals surface area contributed by atoms with Gasteiger partial charge in [-0.3, -0.25) is 10.1 Å². The number of hydrogen-bond donors (Lipinski definition) is 1. The molecule has 0 aliphatic carbocycles. The molecule has 0 unspecified atom stereocenters. The number of nitro benzene ring substituents is 1. The van der Waals surface area contributed by atoms with Crippen LogP contribution in [0.1, 0.15) is 5.82 Å². The molecule has 0 fully saturated rings. The Morgan fingerprint density at radius 2 is 2.12 bits per heavy atom. The minimum absolute atomic E-state index is 0.0187. The van der Waals surface area contributed by atoms with Crippen molar-refractivity contribution >= 4 is 11.4 Å². The molecule has 88 valence electrons. The van der Waals surface area contributed by atoms with Crippen LogP contribution in [0, 0.1) is 17.0 Å². The summed E-state index contributed by atoms with van der Waals surface area (Å²) in [5, 5.41) is 18.6. The Hall–Kier alpha value is -2.44. The molecule has 0 spiro atoms. The highest BCUT2D eigenvalue weighted by Gasteiger charge is 2.15. The molecule has 7 nitrogen and oxygen atoms in total. The van der Waals surface area contributed by atoms with Crippen molar-refractivity contribution in [3.8, 4) is 11.4 Å². The lowest BCUT2D eigenvalue weighted by molar-refractivity contribution is -0.384. The third kappa shape index (κ3) is 1.82. The molecule has 0 saturated carbocycles. The van der Waals surface area contributed by atoms with Crippen LogP contribution in [-0.4, -0.2) is 19.7 Å². The smallest absolute Gasteiger partial charge is 0.270 e. The summed E-state index contributed by atoms with van der Waals surface area (Å²) in [6, 6.07) is 4.26. The monoisotopic (exact) mass is 233 g/mol. The Balaban J connectivity index is 2.62. The van der Waals surface area contributed by atoms with Crippen molar-refractivity contribution in [2.75, 3.05) is 5.73 Å². The van der Waals surface area contributed by atoms with Gasteiger partial charge in [-0.05, 0) is 13.0 Å². The van der Waals surface area contributed by atoms with E-state index in [1.54, 1.807) is 18.5 Å². The molecular formula is C10H11N5O2. The van der Waals surface area contributed by atoms with E-state index in [1.807, 2.05) is 0 Å². The zero-order valence-corrected chi connectivity index (χ0v) is 9.41. The van der Waals surface area contributed by atoms with Gasteiger partial charge in [-0.25, -0.2) is 0 Å². The van der Waals surface area contributed by atoms with Crippen molar-refractivity contribution in [2.24, 2.45) is 7.05 Å². The molecule has 1 aromatic carbocycles. The van der Waals surface area contributed by atoms with E-state index < -0.39 is 4.92 Å². The maximum atomic E-state index is 10.7. The third-order valence-corrected chi connectivity index (χ3v) is 2.58. The highest BCUT2D eigenvalue weighted by molar-refractivity contribution is 5.74. The lowest BCUT2D eigenvalue weighted by atomic mass is 10.1. The molecule has 1 heterocycles. The van der Waals surface area contributed by atoms with Crippen molar-refractivity contribution in [1.29, 1.82) is 0 Å². The number of benzene rings is 1. The lowest BCUT2D eigenvalue weighted by Gasteiger charge is -2.05. The van der Waals surface area contributed by atoms with Crippen LogP contribution in [-0.2, 0) is 7.05 Å². The van der Waals surface area contributed by atoms with Gasteiger partial charge in [-0.1, -0.05) is 0 Å². The second kappa shape index (κ2) is 3.85. The molecule has 2 aromatic rings. The summed E-state index contributed by atoms with van der Waals surface area (Å²) in [6.45, 7) is 1.80. The van der Waals surface area contributed by atoms with Crippen LogP contribution in [0.15, 0.2) is 18.2 Å². The zero-order valence-electron chi connectivity index (χ0n) is 9.41. The highest BCUT2D eigenvalue weighted by atomic mass is 16.6. The summed E-state index contributed by atoms with van der Waals surface area (Å²) in [5.74, 6) is 1.23. The van der Waals surface area contributed by atoms with Crippen molar-refractivity contribution in [2.45, 2.75) is 6.92 Å².